The van der Waals surface area contributed by atoms with E-state index in [2.05, 4.69) is 6.92 Å². The minimum atomic E-state index is -0.648. The van der Waals surface area contributed by atoms with Gasteiger partial charge in [-0.25, -0.2) is 4.79 Å². The standard InChI is InChI=1S/C14H18O4/c1-2-3-4-5-6-7-11(15)8-13-9-12(16)10-14(17)18-13/h6-7,9-10,16H,2-5,8H2,1H3/b7-6+. The molecule has 1 aromatic rings. The highest BCUT2D eigenvalue weighted by molar-refractivity contribution is 5.90. The van der Waals surface area contributed by atoms with Gasteiger partial charge in [0.2, 0.25) is 0 Å². The van der Waals surface area contributed by atoms with Crippen LogP contribution in [0.25, 0.3) is 0 Å². The molecule has 0 fully saturated rings. The van der Waals surface area contributed by atoms with Crippen LogP contribution in [0.2, 0.25) is 0 Å². The second-order valence-electron chi connectivity index (χ2n) is 4.14. The van der Waals surface area contributed by atoms with E-state index in [0.29, 0.717) is 0 Å². The Bertz CT molecular complexity index is 471. The minimum absolute atomic E-state index is 0.00603. The van der Waals surface area contributed by atoms with Gasteiger partial charge < -0.3 is 9.52 Å². The van der Waals surface area contributed by atoms with Crippen LogP contribution in [-0.2, 0) is 11.2 Å². The Hall–Kier alpha value is -1.84. The predicted molar refractivity (Wildman–Crippen MR) is 68.6 cm³/mol. The Balaban J connectivity index is 2.46. The van der Waals surface area contributed by atoms with Crippen LogP contribution in [0, 0.1) is 0 Å². The quantitative estimate of drug-likeness (QED) is 0.596. The highest BCUT2D eigenvalue weighted by Crippen LogP contribution is 2.09. The third kappa shape index (κ3) is 5.48. The highest BCUT2D eigenvalue weighted by atomic mass is 16.4. The van der Waals surface area contributed by atoms with E-state index in [0.717, 1.165) is 31.7 Å². The number of hydrogen-bond acceptors (Lipinski definition) is 4. The van der Waals surface area contributed by atoms with Gasteiger partial charge in [0, 0.05) is 6.07 Å². The lowest BCUT2D eigenvalue weighted by Crippen LogP contribution is -2.03. The van der Waals surface area contributed by atoms with Crippen LogP contribution in [0.1, 0.15) is 38.4 Å². The highest BCUT2D eigenvalue weighted by Gasteiger charge is 2.05. The third-order valence-electron chi connectivity index (χ3n) is 2.43. The summed E-state index contributed by atoms with van der Waals surface area (Å²) in [6.07, 6.45) is 7.58. The normalized spacial score (nSPS) is 10.9. The topological polar surface area (TPSA) is 67.5 Å². The van der Waals surface area contributed by atoms with Crippen molar-refractivity contribution in [1.82, 2.24) is 0 Å². The average Bonchev–Trinajstić information content (AvgIpc) is 2.27. The molecule has 0 atom stereocenters. The first-order valence-corrected chi connectivity index (χ1v) is 6.14. The van der Waals surface area contributed by atoms with Gasteiger partial charge >= 0.3 is 5.63 Å². The molecule has 0 saturated carbocycles. The lowest BCUT2D eigenvalue weighted by molar-refractivity contribution is -0.114. The molecule has 4 heteroatoms. The summed E-state index contributed by atoms with van der Waals surface area (Å²) in [4.78, 5) is 22.5. The lowest BCUT2D eigenvalue weighted by atomic mass is 10.1. The fraction of sp³-hybridized carbons (Fsp3) is 0.429. The summed E-state index contributed by atoms with van der Waals surface area (Å²) in [5.41, 5.74) is -0.648. The number of unbranched alkanes of at least 4 members (excludes halogenated alkanes) is 3. The van der Waals surface area contributed by atoms with Crippen molar-refractivity contribution < 1.29 is 14.3 Å². The molecular weight excluding hydrogens is 232 g/mol. The number of carbonyl (C=O) groups excluding carboxylic acids is 1. The summed E-state index contributed by atoms with van der Waals surface area (Å²) < 4.78 is 4.80. The van der Waals surface area contributed by atoms with Crippen LogP contribution < -0.4 is 5.63 Å². The molecule has 1 heterocycles. The zero-order valence-corrected chi connectivity index (χ0v) is 10.5. The molecule has 0 aromatic carbocycles. The molecule has 0 aliphatic rings. The van der Waals surface area contributed by atoms with Crippen LogP contribution in [0.3, 0.4) is 0 Å². The largest absolute Gasteiger partial charge is 0.508 e. The van der Waals surface area contributed by atoms with Gasteiger partial charge in [-0.1, -0.05) is 25.8 Å². The van der Waals surface area contributed by atoms with E-state index >= 15 is 0 Å². The Morgan fingerprint density at radius 3 is 2.83 bits per heavy atom. The van der Waals surface area contributed by atoms with Crippen LogP contribution >= 0.6 is 0 Å². The van der Waals surface area contributed by atoms with Crippen LogP contribution in [0.5, 0.6) is 5.75 Å². The van der Waals surface area contributed by atoms with E-state index in [1.54, 1.807) is 0 Å². The van der Waals surface area contributed by atoms with Crippen molar-refractivity contribution in [1.29, 1.82) is 0 Å². The second kappa shape index (κ2) is 7.48. The van der Waals surface area contributed by atoms with E-state index in [-0.39, 0.29) is 23.7 Å². The smallest absolute Gasteiger partial charge is 0.339 e. The number of aromatic hydroxyl groups is 1. The van der Waals surface area contributed by atoms with E-state index in [4.69, 9.17) is 4.42 Å². The molecule has 1 aromatic heterocycles. The SMILES string of the molecule is CCCCC/C=C/C(=O)Cc1cc(O)cc(=O)o1. The van der Waals surface area contributed by atoms with Crippen LogP contribution in [-0.4, -0.2) is 10.9 Å². The molecule has 0 aliphatic heterocycles. The maximum atomic E-state index is 11.5. The number of allylic oxidation sites excluding steroid dienone is 2. The molecule has 18 heavy (non-hydrogen) atoms. The first-order chi connectivity index (χ1) is 8.61. The fourth-order valence-corrected chi connectivity index (χ4v) is 1.56. The minimum Gasteiger partial charge on any atom is -0.508 e. The summed E-state index contributed by atoms with van der Waals surface area (Å²) >= 11 is 0. The predicted octanol–water partition coefficient (Wildman–Crippen LogP) is 2.59. The molecule has 0 spiro atoms. The van der Waals surface area contributed by atoms with Crippen molar-refractivity contribution in [3.63, 3.8) is 0 Å². The monoisotopic (exact) mass is 250 g/mol. The van der Waals surface area contributed by atoms with E-state index in [9.17, 15) is 14.7 Å². The number of ketones is 1. The Kier molecular flexibility index (Phi) is 5.91. The van der Waals surface area contributed by atoms with Gasteiger partial charge in [0.1, 0.15) is 11.5 Å². The van der Waals surface area contributed by atoms with Crippen LogP contribution in [0.4, 0.5) is 0 Å². The molecule has 0 saturated heterocycles. The van der Waals surface area contributed by atoms with Crippen molar-refractivity contribution in [3.05, 3.63) is 40.5 Å². The van der Waals surface area contributed by atoms with Gasteiger partial charge in [0.05, 0.1) is 12.5 Å². The molecule has 1 N–H and O–H groups in total. The van der Waals surface area contributed by atoms with E-state index in [1.165, 1.54) is 12.1 Å². The number of hydrogen-bond donors (Lipinski definition) is 1. The van der Waals surface area contributed by atoms with Crippen molar-refractivity contribution in [2.45, 2.75) is 39.0 Å². The molecule has 0 amide bonds. The Labute approximate surface area is 106 Å². The Morgan fingerprint density at radius 2 is 2.17 bits per heavy atom. The molecule has 0 radical (unpaired) electrons. The average molecular weight is 250 g/mol. The van der Waals surface area contributed by atoms with E-state index in [1.807, 2.05) is 6.08 Å². The summed E-state index contributed by atoms with van der Waals surface area (Å²) in [6.45, 7) is 2.12. The van der Waals surface area contributed by atoms with E-state index < -0.39 is 5.63 Å². The van der Waals surface area contributed by atoms with Crippen molar-refractivity contribution in [2.75, 3.05) is 0 Å². The molecule has 1 rings (SSSR count). The summed E-state index contributed by atoms with van der Waals surface area (Å²) in [5.74, 6) is -0.135. The van der Waals surface area contributed by atoms with Gasteiger partial charge in [-0.05, 0) is 18.9 Å². The van der Waals surface area contributed by atoms with Gasteiger partial charge in [0.15, 0.2) is 5.78 Å². The zero-order chi connectivity index (χ0) is 13.4. The fourth-order valence-electron chi connectivity index (χ4n) is 1.56. The first-order valence-electron chi connectivity index (χ1n) is 6.14. The maximum Gasteiger partial charge on any atom is 0.339 e. The number of carbonyl (C=O) groups is 1. The van der Waals surface area contributed by atoms with Gasteiger partial charge in [-0.15, -0.1) is 0 Å². The van der Waals surface area contributed by atoms with Crippen LogP contribution in [0.15, 0.2) is 33.5 Å². The van der Waals surface area contributed by atoms with Crippen molar-refractivity contribution in [2.24, 2.45) is 0 Å². The maximum absolute atomic E-state index is 11.5. The molecule has 4 nitrogen and oxygen atoms in total. The summed E-state index contributed by atoms with van der Waals surface area (Å²) in [6, 6.07) is 2.25. The summed E-state index contributed by atoms with van der Waals surface area (Å²) in [7, 11) is 0. The lowest BCUT2D eigenvalue weighted by Gasteiger charge is -1.97. The summed E-state index contributed by atoms with van der Waals surface area (Å²) in [5, 5.41) is 9.19. The Morgan fingerprint density at radius 1 is 1.39 bits per heavy atom. The molecule has 98 valence electrons. The zero-order valence-electron chi connectivity index (χ0n) is 10.5. The number of rotatable bonds is 7. The first kappa shape index (κ1) is 14.2. The van der Waals surface area contributed by atoms with Gasteiger partial charge in [-0.2, -0.15) is 0 Å². The molecule has 0 bridgehead atoms. The van der Waals surface area contributed by atoms with Gasteiger partial charge in [0.25, 0.3) is 0 Å². The van der Waals surface area contributed by atoms with Gasteiger partial charge in [-0.3, -0.25) is 4.79 Å². The van der Waals surface area contributed by atoms with Crippen molar-refractivity contribution >= 4 is 5.78 Å². The van der Waals surface area contributed by atoms with Crippen molar-refractivity contribution in [3.8, 4) is 5.75 Å². The molecule has 0 aliphatic carbocycles. The molecule has 0 unspecified atom stereocenters. The third-order valence-corrected chi connectivity index (χ3v) is 2.43. The molecular formula is C14H18O4. The second-order valence-corrected chi connectivity index (χ2v) is 4.14.